The van der Waals surface area contributed by atoms with E-state index < -0.39 is 0 Å². The second-order valence-electron chi connectivity index (χ2n) is 9.61. The molecule has 2 fully saturated rings. The normalized spacial score (nSPS) is 19.6. The molecule has 1 unspecified atom stereocenters. The molecule has 2 N–H and O–H groups in total. The van der Waals surface area contributed by atoms with E-state index in [1.54, 1.807) is 0 Å². The van der Waals surface area contributed by atoms with Crippen LogP contribution >= 0.6 is 0 Å². The minimum Gasteiger partial charge on any atom is -0.356 e. The Morgan fingerprint density at radius 1 is 1.06 bits per heavy atom. The maximum absolute atomic E-state index is 12.9. The molecule has 0 bridgehead atoms. The predicted octanol–water partition coefficient (Wildman–Crippen LogP) is 2.80. The molecule has 1 aromatic carbocycles. The lowest BCUT2D eigenvalue weighted by Gasteiger charge is -2.34. The van der Waals surface area contributed by atoms with Gasteiger partial charge < -0.3 is 25.0 Å². The quantitative estimate of drug-likeness (QED) is 0.603. The van der Waals surface area contributed by atoms with Gasteiger partial charge in [-0.05, 0) is 50.4 Å². The van der Waals surface area contributed by atoms with Gasteiger partial charge in [0.1, 0.15) is 5.69 Å². The van der Waals surface area contributed by atoms with Crippen LogP contribution in [0.2, 0.25) is 0 Å². The fourth-order valence-corrected chi connectivity index (χ4v) is 5.18. The molecular formula is C26H39N5O2. The molecule has 7 nitrogen and oxygen atoms in total. The summed E-state index contributed by atoms with van der Waals surface area (Å²) in [4.78, 5) is 35.8. The van der Waals surface area contributed by atoms with Crippen LogP contribution in [-0.2, 0) is 4.79 Å². The highest BCUT2D eigenvalue weighted by molar-refractivity contribution is 5.98. The van der Waals surface area contributed by atoms with E-state index in [-0.39, 0.29) is 17.7 Å². The van der Waals surface area contributed by atoms with Gasteiger partial charge in [-0.3, -0.25) is 9.59 Å². The van der Waals surface area contributed by atoms with Gasteiger partial charge >= 0.3 is 0 Å². The van der Waals surface area contributed by atoms with Crippen LogP contribution in [0.15, 0.2) is 30.3 Å². The number of hydrogen-bond acceptors (Lipinski definition) is 4. The number of carbonyl (C=O) groups excluding carboxylic acids is 2. The summed E-state index contributed by atoms with van der Waals surface area (Å²) in [6.07, 6.45) is 2.76. The summed E-state index contributed by atoms with van der Waals surface area (Å²) in [6.45, 7) is 13.2. The molecule has 7 heteroatoms. The molecule has 2 aliphatic rings. The number of H-pyrrole nitrogens is 1. The highest BCUT2D eigenvalue weighted by Gasteiger charge is 2.30. The van der Waals surface area contributed by atoms with Crippen molar-refractivity contribution < 1.29 is 9.59 Å². The number of nitrogens with one attached hydrogen (secondary N) is 2. The summed E-state index contributed by atoms with van der Waals surface area (Å²) in [5.41, 5.74) is 1.64. The van der Waals surface area contributed by atoms with Gasteiger partial charge in [-0.25, -0.2) is 0 Å². The van der Waals surface area contributed by atoms with Crippen molar-refractivity contribution in [2.45, 2.75) is 33.1 Å². The molecule has 1 aromatic heterocycles. The molecule has 1 atom stereocenters. The smallest absolute Gasteiger partial charge is 0.270 e. The first kappa shape index (κ1) is 23.8. The van der Waals surface area contributed by atoms with Gasteiger partial charge in [0.15, 0.2) is 0 Å². The first-order valence-corrected chi connectivity index (χ1v) is 12.6. The van der Waals surface area contributed by atoms with Crippen molar-refractivity contribution >= 4 is 22.7 Å². The average Bonchev–Trinajstić information content (AvgIpc) is 3.30. The van der Waals surface area contributed by atoms with E-state index in [9.17, 15) is 9.59 Å². The summed E-state index contributed by atoms with van der Waals surface area (Å²) in [7, 11) is 0. The number of para-hydroxylation sites is 1. The first-order valence-electron chi connectivity index (χ1n) is 12.6. The Morgan fingerprint density at radius 2 is 1.76 bits per heavy atom. The van der Waals surface area contributed by atoms with Crippen LogP contribution in [0.4, 0.5) is 0 Å². The van der Waals surface area contributed by atoms with E-state index in [1.807, 2.05) is 42.2 Å². The third-order valence-corrected chi connectivity index (χ3v) is 7.57. The van der Waals surface area contributed by atoms with Crippen molar-refractivity contribution in [3.8, 4) is 0 Å². The van der Waals surface area contributed by atoms with Gasteiger partial charge in [0.05, 0.1) is 0 Å². The molecule has 0 spiro atoms. The molecule has 2 aliphatic heterocycles. The maximum Gasteiger partial charge on any atom is 0.270 e. The van der Waals surface area contributed by atoms with Crippen molar-refractivity contribution in [2.75, 3.05) is 58.9 Å². The van der Waals surface area contributed by atoms with E-state index in [0.717, 1.165) is 76.0 Å². The maximum atomic E-state index is 12.9. The van der Waals surface area contributed by atoms with Crippen molar-refractivity contribution in [3.05, 3.63) is 36.0 Å². The number of aromatic amines is 1. The zero-order chi connectivity index (χ0) is 23.2. The fraction of sp³-hybridized carbons (Fsp3) is 0.615. The van der Waals surface area contributed by atoms with Gasteiger partial charge in [0, 0.05) is 62.6 Å². The van der Waals surface area contributed by atoms with Gasteiger partial charge in [0.25, 0.3) is 5.91 Å². The Labute approximate surface area is 197 Å². The number of piperidine rings is 1. The van der Waals surface area contributed by atoms with Crippen LogP contribution in [0, 0.1) is 11.8 Å². The molecule has 2 saturated heterocycles. The molecule has 2 amide bonds. The number of hydrogen-bond donors (Lipinski definition) is 2. The molecule has 3 heterocycles. The number of benzene rings is 1. The largest absolute Gasteiger partial charge is 0.356 e. The van der Waals surface area contributed by atoms with Crippen molar-refractivity contribution in [1.82, 2.24) is 25.0 Å². The highest BCUT2D eigenvalue weighted by atomic mass is 16.2. The van der Waals surface area contributed by atoms with Crippen LogP contribution in [0.5, 0.6) is 0 Å². The molecule has 0 saturated carbocycles. The van der Waals surface area contributed by atoms with Crippen LogP contribution in [0.3, 0.4) is 0 Å². The lowest BCUT2D eigenvalue weighted by atomic mass is 9.84. The summed E-state index contributed by atoms with van der Waals surface area (Å²) in [5.74, 6) is 0.537. The second kappa shape index (κ2) is 11.2. The number of rotatable bonds is 8. The van der Waals surface area contributed by atoms with E-state index in [2.05, 4.69) is 27.0 Å². The van der Waals surface area contributed by atoms with Crippen molar-refractivity contribution in [1.29, 1.82) is 0 Å². The van der Waals surface area contributed by atoms with Gasteiger partial charge in [-0.1, -0.05) is 32.0 Å². The second-order valence-corrected chi connectivity index (χ2v) is 9.61. The number of likely N-dealkylation sites (N-methyl/N-ethyl adjacent to an activating group) is 1. The molecule has 0 aliphatic carbocycles. The summed E-state index contributed by atoms with van der Waals surface area (Å²) < 4.78 is 0. The predicted molar refractivity (Wildman–Crippen MR) is 132 cm³/mol. The van der Waals surface area contributed by atoms with E-state index in [4.69, 9.17) is 0 Å². The number of aromatic nitrogens is 1. The molecular weight excluding hydrogens is 414 g/mol. The Morgan fingerprint density at radius 3 is 2.45 bits per heavy atom. The Balaban J connectivity index is 1.16. The fourth-order valence-electron chi connectivity index (χ4n) is 5.18. The number of fused-ring (bicyclic) bond motifs is 1. The number of piperazine rings is 1. The lowest BCUT2D eigenvalue weighted by Crippen LogP contribution is -2.47. The van der Waals surface area contributed by atoms with Crippen LogP contribution in [0.25, 0.3) is 10.9 Å². The topological polar surface area (TPSA) is 71.7 Å². The molecule has 4 rings (SSSR count). The minimum atomic E-state index is -0.0107. The van der Waals surface area contributed by atoms with E-state index in [1.165, 1.54) is 0 Å². The zero-order valence-electron chi connectivity index (χ0n) is 20.2. The highest BCUT2D eigenvalue weighted by Crippen LogP contribution is 2.26. The molecule has 0 radical (unpaired) electrons. The van der Waals surface area contributed by atoms with Gasteiger partial charge in [-0.15, -0.1) is 0 Å². The van der Waals surface area contributed by atoms with Crippen LogP contribution < -0.4 is 5.32 Å². The van der Waals surface area contributed by atoms with E-state index in [0.29, 0.717) is 24.7 Å². The van der Waals surface area contributed by atoms with Crippen molar-refractivity contribution in [3.63, 3.8) is 0 Å². The number of likely N-dealkylation sites (tertiary alicyclic amines) is 1. The first-order chi connectivity index (χ1) is 16.0. The minimum absolute atomic E-state index is 0.0107. The third-order valence-electron chi connectivity index (χ3n) is 7.57. The van der Waals surface area contributed by atoms with Crippen LogP contribution in [0.1, 0.15) is 43.6 Å². The Hall–Kier alpha value is -2.38. The Kier molecular flexibility index (Phi) is 8.04. The summed E-state index contributed by atoms with van der Waals surface area (Å²) >= 11 is 0. The van der Waals surface area contributed by atoms with Gasteiger partial charge in [-0.2, -0.15) is 0 Å². The number of carbonyl (C=O) groups is 2. The number of nitrogens with zero attached hydrogens (tertiary/aromatic N) is 3. The Bertz CT molecular complexity index is 893. The average molecular weight is 454 g/mol. The van der Waals surface area contributed by atoms with Crippen molar-refractivity contribution in [2.24, 2.45) is 11.8 Å². The zero-order valence-corrected chi connectivity index (χ0v) is 20.2. The molecule has 180 valence electrons. The third kappa shape index (κ3) is 5.95. The standard InChI is InChI=1S/C26H39N5O2/c1-3-29-15-17-30(18-16-29)12-6-11-27-25(32)20(2)21-9-13-31(14-10-21)26(33)24-19-22-7-4-5-8-23(22)28-24/h4-5,7-8,19-21,28H,3,6,9-18H2,1-2H3,(H,27,32). The van der Waals surface area contributed by atoms with Crippen LogP contribution in [-0.4, -0.2) is 90.4 Å². The van der Waals surface area contributed by atoms with E-state index >= 15 is 0 Å². The molecule has 2 aromatic rings. The number of amides is 2. The SMILES string of the molecule is CCN1CCN(CCCNC(=O)C(C)C2CCN(C(=O)c3cc4ccccc4[nH]3)CC2)CC1. The van der Waals surface area contributed by atoms with Gasteiger partial charge in [0.2, 0.25) is 5.91 Å². The molecule has 33 heavy (non-hydrogen) atoms. The monoisotopic (exact) mass is 453 g/mol. The summed E-state index contributed by atoms with van der Waals surface area (Å²) in [5, 5.41) is 4.21. The lowest BCUT2D eigenvalue weighted by molar-refractivity contribution is -0.126. The summed E-state index contributed by atoms with van der Waals surface area (Å²) in [6, 6.07) is 9.89.